The molecule has 4 aromatic carbocycles. The molecule has 10 nitrogen and oxygen atoms in total. The van der Waals surface area contributed by atoms with E-state index in [4.69, 9.17) is 14.2 Å². The van der Waals surface area contributed by atoms with E-state index in [1.807, 2.05) is 113 Å². The van der Waals surface area contributed by atoms with Crippen molar-refractivity contribution in [2.24, 2.45) is 0 Å². The number of carbonyl (C=O) groups is 2. The average molecular weight is 769 g/mol. The van der Waals surface area contributed by atoms with Crippen molar-refractivity contribution in [2.45, 2.75) is 70.8 Å². The molecule has 0 aliphatic carbocycles. The maximum atomic E-state index is 14.4. The Hall–Kier alpha value is -5.71. The molecular weight excluding hydrogens is 717 g/mol. The summed E-state index contributed by atoms with van der Waals surface area (Å²) in [6.07, 6.45) is 2.82. The number of pyridine rings is 1. The first-order chi connectivity index (χ1) is 27.6. The summed E-state index contributed by atoms with van der Waals surface area (Å²) in [7, 11) is 4.04. The number of rotatable bonds is 14. The van der Waals surface area contributed by atoms with Crippen molar-refractivity contribution in [3.05, 3.63) is 142 Å². The van der Waals surface area contributed by atoms with Gasteiger partial charge in [-0.2, -0.15) is 0 Å². The monoisotopic (exact) mass is 768 g/mol. The second kappa shape index (κ2) is 17.6. The molecule has 2 aliphatic heterocycles. The van der Waals surface area contributed by atoms with E-state index in [-0.39, 0.29) is 24.5 Å². The molecule has 0 saturated carbocycles. The van der Waals surface area contributed by atoms with Gasteiger partial charge in [0.2, 0.25) is 5.91 Å². The molecule has 0 spiro atoms. The molecule has 3 heterocycles. The lowest BCUT2D eigenvalue weighted by Crippen LogP contribution is -2.55. The number of carboxylic acid groups (broad SMARTS) is 1. The summed E-state index contributed by atoms with van der Waals surface area (Å²) in [6, 6.07) is 30.2. The molecule has 0 bridgehead atoms. The fourth-order valence-corrected chi connectivity index (χ4v) is 7.85. The van der Waals surface area contributed by atoms with Gasteiger partial charge in [0.05, 0.1) is 6.04 Å². The largest absolute Gasteiger partial charge is 0.492 e. The van der Waals surface area contributed by atoms with Gasteiger partial charge in [0, 0.05) is 37.4 Å². The number of carboxylic acids is 1. The lowest BCUT2D eigenvalue weighted by Gasteiger charge is -2.42. The number of aryl methyl sites for hydroxylation is 1. The van der Waals surface area contributed by atoms with Crippen molar-refractivity contribution in [1.82, 2.24) is 20.1 Å². The van der Waals surface area contributed by atoms with Crippen LogP contribution in [0.3, 0.4) is 0 Å². The van der Waals surface area contributed by atoms with Crippen LogP contribution in [0.4, 0.5) is 0 Å². The van der Waals surface area contributed by atoms with Crippen LogP contribution in [0.25, 0.3) is 11.1 Å². The van der Waals surface area contributed by atoms with Gasteiger partial charge in [0.1, 0.15) is 25.0 Å². The third-order valence-electron chi connectivity index (χ3n) is 11.2. The third kappa shape index (κ3) is 9.14. The van der Waals surface area contributed by atoms with Crippen LogP contribution in [0.1, 0.15) is 64.6 Å². The Labute approximate surface area is 335 Å². The number of aliphatic carboxylic acids is 1. The molecule has 10 heteroatoms. The summed E-state index contributed by atoms with van der Waals surface area (Å²) < 4.78 is 18.7. The lowest BCUT2D eigenvalue weighted by molar-refractivity contribution is -0.143. The molecule has 1 aromatic heterocycles. The number of fused-ring (bicyclic) bond motifs is 2. The fraction of sp³-hybridized carbons (Fsp3) is 0.340. The molecule has 296 valence electrons. The summed E-state index contributed by atoms with van der Waals surface area (Å²) in [4.78, 5) is 35.7. The van der Waals surface area contributed by atoms with Crippen LogP contribution in [0.15, 0.2) is 103 Å². The highest BCUT2D eigenvalue weighted by Gasteiger charge is 2.38. The number of aromatic nitrogens is 1. The molecule has 2 aliphatic rings. The Balaban J connectivity index is 1.10. The predicted octanol–water partition coefficient (Wildman–Crippen LogP) is 7.51. The van der Waals surface area contributed by atoms with Gasteiger partial charge >= 0.3 is 5.97 Å². The van der Waals surface area contributed by atoms with Crippen molar-refractivity contribution in [2.75, 3.05) is 33.9 Å². The molecule has 5 aromatic rings. The van der Waals surface area contributed by atoms with Crippen molar-refractivity contribution in [3.8, 4) is 28.4 Å². The van der Waals surface area contributed by atoms with Crippen molar-refractivity contribution in [3.63, 3.8) is 0 Å². The number of ether oxygens (including phenoxy) is 3. The molecule has 4 atom stereocenters. The van der Waals surface area contributed by atoms with Gasteiger partial charge in [-0.15, -0.1) is 0 Å². The summed E-state index contributed by atoms with van der Waals surface area (Å²) in [5.41, 5.74) is 9.14. The molecular formula is C47H52N4O6. The minimum absolute atomic E-state index is 0.0781. The second-order valence-corrected chi connectivity index (χ2v) is 15.3. The van der Waals surface area contributed by atoms with Gasteiger partial charge in [-0.3, -0.25) is 14.7 Å². The van der Waals surface area contributed by atoms with Gasteiger partial charge in [-0.25, -0.2) is 4.79 Å². The fourth-order valence-electron chi connectivity index (χ4n) is 7.85. The minimum Gasteiger partial charge on any atom is -0.492 e. The summed E-state index contributed by atoms with van der Waals surface area (Å²) in [6.45, 7) is 8.42. The van der Waals surface area contributed by atoms with Crippen LogP contribution < -0.4 is 19.5 Å². The number of carbonyl (C=O) groups excluding carboxylic acids is 1. The number of nitrogens with zero attached hydrogens (tertiary/aromatic N) is 3. The quantitative estimate of drug-likeness (QED) is 0.119. The zero-order chi connectivity index (χ0) is 40.1. The van der Waals surface area contributed by atoms with E-state index < -0.39 is 18.1 Å². The average Bonchev–Trinajstić information content (AvgIpc) is 3.21. The number of benzene rings is 4. The van der Waals surface area contributed by atoms with Crippen LogP contribution >= 0.6 is 0 Å². The second-order valence-electron chi connectivity index (χ2n) is 15.3. The zero-order valence-corrected chi connectivity index (χ0v) is 33.4. The SMILES string of the molecule is CCC(c1ccccc1)N1Cc2cc3c(cc2CC1C(=O)NC(Cc1ccc(-c2ccnc(C)c2C)cc1)C(=O)O)OCC(c1ccc(OCCN(C)C)cc1)O3. The van der Waals surface area contributed by atoms with Crippen LogP contribution in [0.2, 0.25) is 0 Å². The van der Waals surface area contributed by atoms with E-state index in [0.717, 1.165) is 68.9 Å². The Morgan fingerprint density at radius 2 is 1.70 bits per heavy atom. The maximum absolute atomic E-state index is 14.4. The van der Waals surface area contributed by atoms with Gasteiger partial charge in [-0.05, 0) is 116 Å². The normalized spacial score (nSPS) is 17.4. The number of hydrogen-bond acceptors (Lipinski definition) is 8. The highest BCUT2D eigenvalue weighted by molar-refractivity contribution is 5.87. The molecule has 7 rings (SSSR count). The van der Waals surface area contributed by atoms with E-state index in [1.165, 1.54) is 0 Å². The van der Waals surface area contributed by atoms with Crippen molar-refractivity contribution < 1.29 is 28.9 Å². The van der Waals surface area contributed by atoms with Crippen LogP contribution in [-0.2, 0) is 29.0 Å². The van der Waals surface area contributed by atoms with E-state index in [1.54, 1.807) is 6.20 Å². The van der Waals surface area contributed by atoms with E-state index in [9.17, 15) is 14.7 Å². The van der Waals surface area contributed by atoms with Crippen LogP contribution in [-0.4, -0.2) is 77.7 Å². The number of hydrogen-bond donors (Lipinski definition) is 2. The first-order valence-electron chi connectivity index (χ1n) is 19.8. The number of nitrogens with one attached hydrogen (secondary N) is 1. The highest BCUT2D eigenvalue weighted by Crippen LogP contribution is 2.42. The maximum Gasteiger partial charge on any atom is 0.326 e. The van der Waals surface area contributed by atoms with Gasteiger partial charge in [0.15, 0.2) is 17.6 Å². The lowest BCUT2D eigenvalue weighted by atomic mass is 9.89. The van der Waals surface area contributed by atoms with Crippen molar-refractivity contribution in [1.29, 1.82) is 0 Å². The Morgan fingerprint density at radius 3 is 2.40 bits per heavy atom. The van der Waals surface area contributed by atoms with Gasteiger partial charge in [0.25, 0.3) is 0 Å². The standard InChI is InChI=1S/C47H52N4O6/c1-6-41(34-10-8-7-9-11-34)51-28-37-27-44-43(56-29-45(57-44)35-16-18-38(19-17-35)55-23-22-50(4)5)26-36(37)25-42(51)46(52)49-40(47(53)54)24-32-12-14-33(15-13-32)39-20-21-48-31(3)30(39)2/h7-21,26-27,40-42,45H,6,22-25,28-29H2,1-5H3,(H,49,52)(H,53,54). The molecule has 2 N–H and O–H groups in total. The summed E-state index contributed by atoms with van der Waals surface area (Å²) in [5.74, 6) is 0.723. The molecule has 4 unspecified atom stereocenters. The molecule has 0 saturated heterocycles. The van der Waals surface area contributed by atoms with Gasteiger partial charge in [-0.1, -0.05) is 73.7 Å². The Morgan fingerprint density at radius 1 is 0.965 bits per heavy atom. The first kappa shape index (κ1) is 39.5. The zero-order valence-electron chi connectivity index (χ0n) is 33.4. The highest BCUT2D eigenvalue weighted by atomic mass is 16.6. The Kier molecular flexibility index (Phi) is 12.2. The van der Waals surface area contributed by atoms with Crippen molar-refractivity contribution >= 4 is 11.9 Å². The third-order valence-corrected chi connectivity index (χ3v) is 11.2. The van der Waals surface area contributed by atoms with Crippen LogP contribution in [0.5, 0.6) is 17.2 Å². The van der Waals surface area contributed by atoms with Crippen LogP contribution in [0, 0.1) is 13.8 Å². The van der Waals surface area contributed by atoms with E-state index >= 15 is 0 Å². The number of likely N-dealkylation sites (N-methyl/N-ethyl adjacent to an activating group) is 1. The number of amides is 1. The van der Waals surface area contributed by atoms with Gasteiger partial charge < -0.3 is 29.5 Å². The molecule has 57 heavy (non-hydrogen) atoms. The smallest absolute Gasteiger partial charge is 0.326 e. The minimum atomic E-state index is -1.11. The molecule has 0 fully saturated rings. The first-order valence-corrected chi connectivity index (χ1v) is 19.8. The van der Waals surface area contributed by atoms with E-state index in [2.05, 4.69) is 39.2 Å². The van der Waals surface area contributed by atoms with E-state index in [0.29, 0.717) is 37.7 Å². The molecule has 0 radical (unpaired) electrons. The summed E-state index contributed by atoms with van der Waals surface area (Å²) in [5, 5.41) is 13.3. The topological polar surface area (TPSA) is 113 Å². The Bertz CT molecular complexity index is 2170. The predicted molar refractivity (Wildman–Crippen MR) is 221 cm³/mol. The molecule has 1 amide bonds. The summed E-state index contributed by atoms with van der Waals surface area (Å²) >= 11 is 0.